The first-order valence-electron chi connectivity index (χ1n) is 7.16. The van der Waals surface area contributed by atoms with E-state index < -0.39 is 4.92 Å². The van der Waals surface area contributed by atoms with Crippen LogP contribution < -0.4 is 20.9 Å². The van der Waals surface area contributed by atoms with Gasteiger partial charge in [-0.3, -0.25) is 10.1 Å². The molecular weight excluding hydrogens is 326 g/mol. The molecule has 0 aliphatic carbocycles. The molecule has 0 amide bonds. The molecule has 2 aromatic carbocycles. The van der Waals surface area contributed by atoms with Gasteiger partial charge < -0.3 is 20.9 Å². The third kappa shape index (κ3) is 4.93. The molecule has 2 rings (SSSR count). The second-order valence-electron chi connectivity index (χ2n) is 4.87. The molecule has 0 unspecified atom stereocenters. The van der Waals surface area contributed by atoms with E-state index in [2.05, 4.69) is 10.2 Å². The monoisotopic (exact) mass is 343 g/mol. The van der Waals surface area contributed by atoms with Gasteiger partial charge >= 0.3 is 5.69 Å². The molecule has 130 valence electrons. The van der Waals surface area contributed by atoms with Crippen LogP contribution in [0.2, 0.25) is 0 Å². The molecule has 0 fully saturated rings. The predicted molar refractivity (Wildman–Crippen MR) is 93.8 cm³/mol. The molecule has 9 heteroatoms. The second-order valence-corrected chi connectivity index (χ2v) is 4.87. The fourth-order valence-electron chi connectivity index (χ4n) is 2.01. The van der Waals surface area contributed by atoms with Crippen molar-refractivity contribution in [2.45, 2.75) is 6.61 Å². The molecule has 0 bridgehead atoms. The summed E-state index contributed by atoms with van der Waals surface area (Å²) in [5, 5.41) is 18.5. The van der Waals surface area contributed by atoms with E-state index in [1.165, 1.54) is 19.4 Å². The Morgan fingerprint density at radius 3 is 2.60 bits per heavy atom. The van der Waals surface area contributed by atoms with E-state index in [4.69, 9.17) is 20.9 Å². The third-order valence-electron chi connectivity index (χ3n) is 3.08. The lowest BCUT2D eigenvalue weighted by Crippen LogP contribution is -2.21. The minimum atomic E-state index is -0.555. The minimum absolute atomic E-state index is 0.0374. The summed E-state index contributed by atoms with van der Waals surface area (Å²) < 4.78 is 10.8. The molecule has 0 aromatic heterocycles. The average Bonchev–Trinajstić information content (AvgIpc) is 2.60. The molecule has 0 heterocycles. The minimum Gasteiger partial charge on any atom is -0.493 e. The van der Waals surface area contributed by atoms with Crippen LogP contribution in [-0.2, 0) is 6.61 Å². The third-order valence-corrected chi connectivity index (χ3v) is 3.08. The maximum Gasteiger partial charge on any atom is 0.315 e. The maximum absolute atomic E-state index is 11.4. The van der Waals surface area contributed by atoms with Crippen molar-refractivity contribution in [3.8, 4) is 11.5 Å². The lowest BCUT2D eigenvalue weighted by Gasteiger charge is -2.12. The number of hydrogen-bond acceptors (Lipinski definition) is 6. The highest BCUT2D eigenvalue weighted by atomic mass is 16.6. The first kappa shape index (κ1) is 17.7. The largest absolute Gasteiger partial charge is 0.493 e. The zero-order valence-corrected chi connectivity index (χ0v) is 13.5. The first-order chi connectivity index (χ1) is 12.0. The molecule has 9 nitrogen and oxygen atoms in total. The van der Waals surface area contributed by atoms with Gasteiger partial charge in [-0.2, -0.15) is 5.10 Å². The number of benzene rings is 2. The molecule has 0 saturated carbocycles. The number of guanidine groups is 1. The number of nitrogens with zero attached hydrogens (tertiary/aromatic N) is 3. The Morgan fingerprint density at radius 1 is 1.28 bits per heavy atom. The summed E-state index contributed by atoms with van der Waals surface area (Å²) in [6, 6.07) is 12.1. The fourth-order valence-corrected chi connectivity index (χ4v) is 2.01. The zero-order valence-electron chi connectivity index (χ0n) is 13.5. The van der Waals surface area contributed by atoms with Gasteiger partial charge in [-0.15, -0.1) is 5.10 Å². The van der Waals surface area contributed by atoms with Gasteiger partial charge in [-0.1, -0.05) is 30.3 Å². The Balaban J connectivity index is 2.35. The molecule has 25 heavy (non-hydrogen) atoms. The van der Waals surface area contributed by atoms with Gasteiger partial charge in [0.2, 0.25) is 11.7 Å². The van der Waals surface area contributed by atoms with Crippen LogP contribution >= 0.6 is 0 Å². The van der Waals surface area contributed by atoms with E-state index in [1.54, 1.807) is 6.07 Å². The summed E-state index contributed by atoms with van der Waals surface area (Å²) in [5.41, 5.74) is 11.4. The normalized spacial score (nSPS) is 10.4. The number of hydrogen-bond donors (Lipinski definition) is 2. The Labute approximate surface area is 143 Å². The van der Waals surface area contributed by atoms with Crippen LogP contribution in [0.25, 0.3) is 0 Å². The van der Waals surface area contributed by atoms with Crippen LogP contribution in [0.4, 0.5) is 5.69 Å². The summed E-state index contributed by atoms with van der Waals surface area (Å²) >= 11 is 0. The summed E-state index contributed by atoms with van der Waals surface area (Å²) in [7, 11) is 1.39. The average molecular weight is 343 g/mol. The highest BCUT2D eigenvalue weighted by molar-refractivity contribution is 5.84. The summed E-state index contributed by atoms with van der Waals surface area (Å²) in [6.07, 6.45) is 1.27. The van der Waals surface area contributed by atoms with Crippen LogP contribution in [0.3, 0.4) is 0 Å². The molecule has 2 aromatic rings. The van der Waals surface area contributed by atoms with E-state index >= 15 is 0 Å². The molecule has 0 atom stereocenters. The van der Waals surface area contributed by atoms with Crippen molar-refractivity contribution in [2.75, 3.05) is 7.11 Å². The van der Waals surface area contributed by atoms with Gasteiger partial charge in [0.25, 0.3) is 0 Å². The molecule has 0 saturated heterocycles. The van der Waals surface area contributed by atoms with Gasteiger partial charge in [-0.05, 0) is 11.6 Å². The van der Waals surface area contributed by atoms with Crippen LogP contribution in [0.5, 0.6) is 11.5 Å². The first-order valence-corrected chi connectivity index (χ1v) is 7.16. The number of methoxy groups -OCH3 is 1. The lowest BCUT2D eigenvalue weighted by molar-refractivity contribution is -0.386. The van der Waals surface area contributed by atoms with E-state index in [1.807, 2.05) is 30.3 Å². The maximum atomic E-state index is 11.4. The standard InChI is InChI=1S/C16H17N5O4/c1-24-14-8-12(9-19-20-16(17)18)7-13(21(22)23)15(14)25-10-11-5-3-2-4-6-11/h2-9H,10H2,1H3,(H4,17,18,20)/b19-9-. The van der Waals surface area contributed by atoms with Gasteiger partial charge in [0, 0.05) is 11.6 Å². The van der Waals surface area contributed by atoms with Gasteiger partial charge in [0.05, 0.1) is 18.2 Å². The number of nitrogens with two attached hydrogens (primary N) is 2. The summed E-state index contributed by atoms with van der Waals surface area (Å²) in [5.74, 6) is 0.0205. The summed E-state index contributed by atoms with van der Waals surface area (Å²) in [6.45, 7) is 0.166. The highest BCUT2D eigenvalue weighted by Gasteiger charge is 2.22. The Kier molecular flexibility index (Phi) is 5.88. The van der Waals surface area contributed by atoms with Crippen molar-refractivity contribution in [1.82, 2.24) is 0 Å². The Bertz CT molecular complexity index is 802. The van der Waals surface area contributed by atoms with Crippen LogP contribution in [-0.4, -0.2) is 24.2 Å². The smallest absolute Gasteiger partial charge is 0.315 e. The molecule has 0 aliphatic heterocycles. The Hall–Kier alpha value is -3.62. The van der Waals surface area contributed by atoms with E-state index in [0.29, 0.717) is 5.56 Å². The fraction of sp³-hybridized carbons (Fsp3) is 0.125. The summed E-state index contributed by atoms with van der Waals surface area (Å²) in [4.78, 5) is 10.8. The van der Waals surface area contributed by atoms with Crippen LogP contribution in [0.15, 0.2) is 52.7 Å². The Morgan fingerprint density at radius 2 is 2.00 bits per heavy atom. The topological polar surface area (TPSA) is 138 Å². The second kappa shape index (κ2) is 8.29. The number of nitro benzene ring substituents is 1. The van der Waals surface area contributed by atoms with E-state index in [9.17, 15) is 10.1 Å². The van der Waals surface area contributed by atoms with E-state index in [0.717, 1.165) is 5.56 Å². The van der Waals surface area contributed by atoms with Crippen molar-refractivity contribution in [1.29, 1.82) is 0 Å². The van der Waals surface area contributed by atoms with Crippen molar-refractivity contribution in [3.05, 3.63) is 63.7 Å². The molecular formula is C16H17N5O4. The SMILES string of the molecule is COc1cc(/C=N\N=C(N)N)cc([N+](=O)[O-])c1OCc1ccccc1. The van der Waals surface area contributed by atoms with Gasteiger partial charge in [0.1, 0.15) is 6.61 Å². The van der Waals surface area contributed by atoms with Gasteiger partial charge in [-0.25, -0.2) is 0 Å². The predicted octanol–water partition coefficient (Wildman–Crippen LogP) is 1.79. The highest BCUT2D eigenvalue weighted by Crippen LogP contribution is 2.38. The molecule has 0 spiro atoms. The lowest BCUT2D eigenvalue weighted by atomic mass is 10.1. The zero-order chi connectivity index (χ0) is 18.2. The van der Waals surface area contributed by atoms with Crippen molar-refractivity contribution >= 4 is 17.9 Å². The van der Waals surface area contributed by atoms with Crippen LogP contribution in [0.1, 0.15) is 11.1 Å². The number of nitro groups is 1. The van der Waals surface area contributed by atoms with Crippen molar-refractivity contribution in [3.63, 3.8) is 0 Å². The number of rotatable bonds is 7. The quantitative estimate of drug-likeness (QED) is 0.340. The molecule has 0 radical (unpaired) electrons. The molecule has 4 N–H and O–H groups in total. The van der Waals surface area contributed by atoms with Crippen molar-refractivity contribution in [2.24, 2.45) is 21.7 Å². The molecule has 0 aliphatic rings. The van der Waals surface area contributed by atoms with Gasteiger partial charge in [0.15, 0.2) is 5.75 Å². The van der Waals surface area contributed by atoms with E-state index in [-0.39, 0.29) is 29.8 Å². The number of ether oxygens (including phenoxy) is 2. The van der Waals surface area contributed by atoms with Crippen molar-refractivity contribution < 1.29 is 14.4 Å². The van der Waals surface area contributed by atoms with Crippen LogP contribution in [0, 0.1) is 10.1 Å².